The predicted octanol–water partition coefficient (Wildman–Crippen LogP) is 2.76. The molecule has 1 aliphatic heterocycles. The number of thioether (sulfide) groups is 1. The average Bonchev–Trinajstić information content (AvgIpc) is 2.76. The number of rotatable bonds is 3. The molecule has 2 rings (SSSR count). The summed E-state index contributed by atoms with van der Waals surface area (Å²) >= 11 is 1.69. The molecule has 1 atom stereocenters. The van der Waals surface area contributed by atoms with Crippen molar-refractivity contribution in [3.63, 3.8) is 0 Å². The van der Waals surface area contributed by atoms with E-state index in [1.54, 1.807) is 11.8 Å². The monoisotopic (exact) mass is 255 g/mol. The van der Waals surface area contributed by atoms with Gasteiger partial charge in [-0.2, -0.15) is 0 Å². The molecule has 0 aromatic carbocycles. The van der Waals surface area contributed by atoms with Gasteiger partial charge in [0.15, 0.2) is 0 Å². The number of aromatic amines is 1. The summed E-state index contributed by atoms with van der Waals surface area (Å²) in [5, 5.41) is 8.09. The third-order valence-electron chi connectivity index (χ3n) is 2.85. The van der Waals surface area contributed by atoms with Gasteiger partial charge in [-0.05, 0) is 19.3 Å². The standard InChI is InChI=1S/C12H21N3OS/c1-12(2,3)10-13-11(15-14-10)17-8-9-6-4-5-7-16-9/h9H,4-8H2,1-3H3,(H,13,14,15). The first-order valence-electron chi connectivity index (χ1n) is 6.23. The molecule has 0 aliphatic carbocycles. The molecule has 2 heterocycles. The zero-order valence-electron chi connectivity index (χ0n) is 10.8. The van der Waals surface area contributed by atoms with E-state index in [0.29, 0.717) is 6.10 Å². The number of H-pyrrole nitrogens is 1. The Balaban J connectivity index is 1.84. The van der Waals surface area contributed by atoms with Gasteiger partial charge in [-0.15, -0.1) is 5.10 Å². The Kier molecular flexibility index (Phi) is 4.09. The minimum atomic E-state index is 0.0349. The van der Waals surface area contributed by atoms with Crippen molar-refractivity contribution in [1.82, 2.24) is 15.2 Å². The molecule has 4 nitrogen and oxygen atoms in total. The van der Waals surface area contributed by atoms with Crippen molar-refractivity contribution in [2.45, 2.75) is 56.7 Å². The van der Waals surface area contributed by atoms with Crippen LogP contribution < -0.4 is 0 Å². The Morgan fingerprint density at radius 1 is 1.41 bits per heavy atom. The first-order chi connectivity index (χ1) is 8.05. The normalized spacial score (nSPS) is 21.7. The van der Waals surface area contributed by atoms with Gasteiger partial charge in [-0.1, -0.05) is 32.5 Å². The van der Waals surface area contributed by atoms with E-state index in [4.69, 9.17) is 4.74 Å². The molecule has 1 fully saturated rings. The quantitative estimate of drug-likeness (QED) is 0.844. The molecular formula is C12H21N3OS. The van der Waals surface area contributed by atoms with E-state index in [1.165, 1.54) is 19.3 Å². The average molecular weight is 255 g/mol. The first kappa shape index (κ1) is 12.9. The van der Waals surface area contributed by atoms with Crippen LogP contribution in [0.3, 0.4) is 0 Å². The topological polar surface area (TPSA) is 50.8 Å². The third kappa shape index (κ3) is 3.71. The van der Waals surface area contributed by atoms with Crippen LogP contribution in [-0.4, -0.2) is 33.6 Å². The van der Waals surface area contributed by atoms with Crippen LogP contribution in [0.15, 0.2) is 5.16 Å². The summed E-state index contributed by atoms with van der Waals surface area (Å²) < 4.78 is 5.69. The second-order valence-electron chi connectivity index (χ2n) is 5.52. The van der Waals surface area contributed by atoms with E-state index >= 15 is 0 Å². The third-order valence-corrected chi connectivity index (χ3v) is 3.83. The molecule has 0 radical (unpaired) electrons. The molecule has 1 aromatic rings. The largest absolute Gasteiger partial charge is 0.377 e. The summed E-state index contributed by atoms with van der Waals surface area (Å²) in [4.78, 5) is 4.51. The Morgan fingerprint density at radius 3 is 2.82 bits per heavy atom. The summed E-state index contributed by atoms with van der Waals surface area (Å²) in [5.41, 5.74) is 0.0349. The van der Waals surface area contributed by atoms with Crippen LogP contribution in [0, 0.1) is 0 Å². The highest BCUT2D eigenvalue weighted by molar-refractivity contribution is 7.99. The molecule has 17 heavy (non-hydrogen) atoms. The Morgan fingerprint density at radius 2 is 2.24 bits per heavy atom. The van der Waals surface area contributed by atoms with E-state index in [1.807, 2.05) is 0 Å². The molecular weight excluding hydrogens is 234 g/mol. The van der Waals surface area contributed by atoms with Gasteiger partial charge in [-0.3, -0.25) is 5.10 Å². The maximum atomic E-state index is 5.69. The number of hydrogen-bond acceptors (Lipinski definition) is 4. The predicted molar refractivity (Wildman–Crippen MR) is 69.4 cm³/mol. The SMILES string of the molecule is CC(C)(C)c1nc(SCC2CCCCO2)n[nH]1. The van der Waals surface area contributed by atoms with Crippen molar-refractivity contribution in [2.75, 3.05) is 12.4 Å². The maximum absolute atomic E-state index is 5.69. The highest BCUT2D eigenvalue weighted by Crippen LogP contribution is 2.23. The molecule has 0 bridgehead atoms. The highest BCUT2D eigenvalue weighted by atomic mass is 32.2. The molecule has 5 heteroatoms. The molecule has 1 aliphatic rings. The van der Waals surface area contributed by atoms with Crippen molar-refractivity contribution >= 4 is 11.8 Å². The number of hydrogen-bond donors (Lipinski definition) is 1. The lowest BCUT2D eigenvalue weighted by molar-refractivity contribution is 0.0315. The van der Waals surface area contributed by atoms with Crippen molar-refractivity contribution in [3.05, 3.63) is 5.82 Å². The van der Waals surface area contributed by atoms with Crippen LogP contribution in [0.2, 0.25) is 0 Å². The zero-order chi connectivity index (χ0) is 12.3. The van der Waals surface area contributed by atoms with Gasteiger partial charge in [0, 0.05) is 17.8 Å². The fourth-order valence-corrected chi connectivity index (χ4v) is 2.62. The first-order valence-corrected chi connectivity index (χ1v) is 7.21. The lowest BCUT2D eigenvalue weighted by Gasteiger charge is -2.21. The molecule has 0 saturated carbocycles. The lowest BCUT2D eigenvalue weighted by Crippen LogP contribution is -2.21. The Hall–Kier alpha value is -0.550. The van der Waals surface area contributed by atoms with Crippen LogP contribution in [0.25, 0.3) is 0 Å². The molecule has 1 N–H and O–H groups in total. The van der Waals surface area contributed by atoms with Crippen molar-refractivity contribution in [1.29, 1.82) is 0 Å². The fraction of sp³-hybridized carbons (Fsp3) is 0.833. The van der Waals surface area contributed by atoms with Crippen molar-refractivity contribution < 1.29 is 4.74 Å². The second-order valence-corrected chi connectivity index (χ2v) is 6.50. The summed E-state index contributed by atoms with van der Waals surface area (Å²) in [6, 6.07) is 0. The van der Waals surface area contributed by atoms with Gasteiger partial charge >= 0.3 is 0 Å². The van der Waals surface area contributed by atoms with E-state index in [-0.39, 0.29) is 5.41 Å². The zero-order valence-corrected chi connectivity index (χ0v) is 11.6. The number of nitrogens with zero attached hydrogens (tertiary/aromatic N) is 2. The fourth-order valence-electron chi connectivity index (χ4n) is 1.75. The number of nitrogens with one attached hydrogen (secondary N) is 1. The molecule has 1 aromatic heterocycles. The smallest absolute Gasteiger partial charge is 0.208 e. The van der Waals surface area contributed by atoms with Gasteiger partial charge < -0.3 is 4.74 Å². The summed E-state index contributed by atoms with van der Waals surface area (Å²) in [7, 11) is 0. The van der Waals surface area contributed by atoms with Crippen LogP contribution in [0.4, 0.5) is 0 Å². The Bertz CT molecular complexity index is 353. The van der Waals surface area contributed by atoms with E-state index in [9.17, 15) is 0 Å². The molecule has 1 unspecified atom stereocenters. The van der Waals surface area contributed by atoms with Crippen LogP contribution >= 0.6 is 11.8 Å². The highest BCUT2D eigenvalue weighted by Gasteiger charge is 2.20. The molecule has 0 amide bonds. The molecule has 1 saturated heterocycles. The summed E-state index contributed by atoms with van der Waals surface area (Å²) in [6.07, 6.45) is 4.04. The van der Waals surface area contributed by atoms with Gasteiger partial charge in [-0.25, -0.2) is 4.98 Å². The Labute approximate surface area is 107 Å². The van der Waals surface area contributed by atoms with E-state index < -0.39 is 0 Å². The van der Waals surface area contributed by atoms with Gasteiger partial charge in [0.2, 0.25) is 5.16 Å². The van der Waals surface area contributed by atoms with E-state index in [2.05, 4.69) is 36.0 Å². The molecule has 0 spiro atoms. The van der Waals surface area contributed by atoms with Crippen LogP contribution in [-0.2, 0) is 10.2 Å². The van der Waals surface area contributed by atoms with Gasteiger partial charge in [0.1, 0.15) is 5.82 Å². The second kappa shape index (κ2) is 5.40. The minimum Gasteiger partial charge on any atom is -0.377 e. The maximum Gasteiger partial charge on any atom is 0.208 e. The molecule has 96 valence electrons. The van der Waals surface area contributed by atoms with Crippen molar-refractivity contribution in [3.8, 4) is 0 Å². The summed E-state index contributed by atoms with van der Waals surface area (Å²) in [6.45, 7) is 7.30. The number of ether oxygens (including phenoxy) is 1. The minimum absolute atomic E-state index is 0.0349. The van der Waals surface area contributed by atoms with Crippen LogP contribution in [0.5, 0.6) is 0 Å². The van der Waals surface area contributed by atoms with Gasteiger partial charge in [0.05, 0.1) is 6.10 Å². The summed E-state index contributed by atoms with van der Waals surface area (Å²) in [5.74, 6) is 1.91. The number of aromatic nitrogens is 3. The lowest BCUT2D eigenvalue weighted by atomic mass is 9.96. The van der Waals surface area contributed by atoms with Crippen molar-refractivity contribution in [2.24, 2.45) is 0 Å². The van der Waals surface area contributed by atoms with Gasteiger partial charge in [0.25, 0.3) is 0 Å². The van der Waals surface area contributed by atoms with E-state index in [0.717, 1.165) is 23.3 Å². The van der Waals surface area contributed by atoms with Crippen LogP contribution in [0.1, 0.15) is 45.9 Å².